The van der Waals surface area contributed by atoms with Crippen LogP contribution < -0.4 is 5.32 Å². The van der Waals surface area contributed by atoms with Crippen LogP contribution >= 0.6 is 35.0 Å². The molecule has 8 heteroatoms. The predicted molar refractivity (Wildman–Crippen MR) is 94.1 cm³/mol. The van der Waals surface area contributed by atoms with Crippen molar-refractivity contribution in [2.75, 3.05) is 11.6 Å². The molecule has 1 amide bonds. The summed E-state index contributed by atoms with van der Waals surface area (Å²) in [7, 11) is 0. The van der Waals surface area contributed by atoms with Gasteiger partial charge in [0.25, 0.3) is 0 Å². The van der Waals surface area contributed by atoms with Gasteiger partial charge in [-0.3, -0.25) is 5.32 Å². The summed E-state index contributed by atoms with van der Waals surface area (Å²) in [6, 6.07) is 10.7. The maximum Gasteiger partial charge on any atom is 0.409 e. The maximum absolute atomic E-state index is 11.0. The molecule has 0 saturated heterocycles. The van der Waals surface area contributed by atoms with Crippen molar-refractivity contribution < 1.29 is 9.90 Å². The molecule has 0 fully saturated rings. The molecule has 0 aliphatic carbocycles. The number of carboxylic acid groups (broad SMARTS) is 1. The Labute approximate surface area is 146 Å². The van der Waals surface area contributed by atoms with Crippen LogP contribution in [0.3, 0.4) is 0 Å². The first kappa shape index (κ1) is 16.0. The van der Waals surface area contributed by atoms with Gasteiger partial charge in [-0.15, -0.1) is 11.8 Å². The Morgan fingerprint density at radius 2 is 2.09 bits per heavy atom. The summed E-state index contributed by atoms with van der Waals surface area (Å²) in [6.45, 7) is 0. The van der Waals surface area contributed by atoms with E-state index in [1.54, 1.807) is 22.7 Å². The molecule has 0 atom stereocenters. The van der Waals surface area contributed by atoms with Crippen molar-refractivity contribution in [3.05, 3.63) is 46.4 Å². The molecule has 3 rings (SSSR count). The van der Waals surface area contributed by atoms with Crippen molar-refractivity contribution in [1.29, 1.82) is 0 Å². The standard InChI is InChI=1S/C15H11Cl2N3O2S/c1-23-14-13(18-15(21)22)12-4-2-3-11(20(12)19-14)9-6-5-8(16)7-10(9)17/h2-7,18H,1H3,(H,21,22). The van der Waals surface area contributed by atoms with Crippen LogP contribution in [0.15, 0.2) is 41.4 Å². The molecule has 2 heterocycles. The number of hydrogen-bond acceptors (Lipinski definition) is 3. The third-order valence-corrected chi connectivity index (χ3v) is 4.48. The third-order valence-electron chi connectivity index (χ3n) is 3.26. The number of carbonyl (C=O) groups is 1. The molecule has 0 unspecified atom stereocenters. The van der Waals surface area contributed by atoms with Gasteiger partial charge in [0, 0.05) is 10.6 Å². The smallest absolute Gasteiger partial charge is 0.409 e. The Hall–Kier alpha value is -1.89. The van der Waals surface area contributed by atoms with Crippen molar-refractivity contribution in [3.8, 4) is 11.3 Å². The number of nitrogens with zero attached hydrogens (tertiary/aromatic N) is 2. The fourth-order valence-corrected chi connectivity index (χ4v) is 3.35. The normalized spacial score (nSPS) is 10.9. The van der Waals surface area contributed by atoms with E-state index in [2.05, 4.69) is 10.4 Å². The molecule has 1 aromatic carbocycles. The molecule has 2 N–H and O–H groups in total. The van der Waals surface area contributed by atoms with Crippen LogP contribution in [0.4, 0.5) is 10.5 Å². The summed E-state index contributed by atoms with van der Waals surface area (Å²) in [5.41, 5.74) is 2.62. The summed E-state index contributed by atoms with van der Waals surface area (Å²) >= 11 is 13.6. The third kappa shape index (κ3) is 2.97. The number of fused-ring (bicyclic) bond motifs is 1. The van der Waals surface area contributed by atoms with E-state index >= 15 is 0 Å². The summed E-state index contributed by atoms with van der Waals surface area (Å²) in [5.74, 6) is 0. The average Bonchev–Trinajstić information content (AvgIpc) is 2.85. The minimum Gasteiger partial charge on any atom is -0.465 e. The molecule has 0 saturated carbocycles. The maximum atomic E-state index is 11.0. The number of rotatable bonds is 3. The largest absolute Gasteiger partial charge is 0.465 e. The molecule has 0 aliphatic rings. The second kappa shape index (κ2) is 6.31. The van der Waals surface area contributed by atoms with E-state index in [0.29, 0.717) is 26.3 Å². The van der Waals surface area contributed by atoms with Crippen molar-refractivity contribution in [1.82, 2.24) is 9.61 Å². The molecule has 0 bridgehead atoms. The molecule has 0 aliphatic heterocycles. The van der Waals surface area contributed by atoms with E-state index in [1.165, 1.54) is 11.8 Å². The number of amides is 1. The lowest BCUT2D eigenvalue weighted by Crippen LogP contribution is -2.07. The number of halogens is 2. The highest BCUT2D eigenvalue weighted by Gasteiger charge is 2.17. The molecule has 2 aromatic heterocycles. The second-order valence-corrected chi connectivity index (χ2v) is 6.29. The predicted octanol–water partition coefficient (Wildman–Crippen LogP) is 5.12. The first-order valence-corrected chi connectivity index (χ1v) is 8.50. The van der Waals surface area contributed by atoms with Crippen molar-refractivity contribution in [2.45, 2.75) is 5.03 Å². The summed E-state index contributed by atoms with van der Waals surface area (Å²) in [5, 5.41) is 17.6. The monoisotopic (exact) mass is 367 g/mol. The summed E-state index contributed by atoms with van der Waals surface area (Å²) in [4.78, 5) is 11.0. The highest BCUT2D eigenvalue weighted by Crippen LogP contribution is 2.35. The van der Waals surface area contributed by atoms with Crippen molar-refractivity contribution in [3.63, 3.8) is 0 Å². The molecule has 5 nitrogen and oxygen atoms in total. The van der Waals surface area contributed by atoms with E-state index in [0.717, 1.165) is 11.3 Å². The lowest BCUT2D eigenvalue weighted by atomic mass is 10.1. The lowest BCUT2D eigenvalue weighted by Gasteiger charge is -2.08. The van der Waals surface area contributed by atoms with Crippen LogP contribution in [0.1, 0.15) is 0 Å². The van der Waals surface area contributed by atoms with Crippen LogP contribution in [0, 0.1) is 0 Å². The van der Waals surface area contributed by atoms with E-state index < -0.39 is 6.09 Å². The van der Waals surface area contributed by atoms with E-state index in [1.807, 2.05) is 24.5 Å². The SMILES string of the molecule is CSc1nn2c(-c3ccc(Cl)cc3Cl)cccc2c1NC(=O)O. The number of anilines is 1. The van der Waals surface area contributed by atoms with Gasteiger partial charge >= 0.3 is 6.09 Å². The molecule has 23 heavy (non-hydrogen) atoms. The van der Waals surface area contributed by atoms with E-state index in [9.17, 15) is 4.79 Å². The lowest BCUT2D eigenvalue weighted by molar-refractivity contribution is 0.209. The summed E-state index contributed by atoms with van der Waals surface area (Å²) in [6.07, 6.45) is 0.703. The zero-order valence-electron chi connectivity index (χ0n) is 11.9. The minimum absolute atomic E-state index is 0.455. The fourth-order valence-electron chi connectivity index (χ4n) is 2.32. The minimum atomic E-state index is -1.13. The zero-order chi connectivity index (χ0) is 16.6. The van der Waals surface area contributed by atoms with Gasteiger partial charge in [-0.1, -0.05) is 29.3 Å². The number of thioether (sulfide) groups is 1. The van der Waals surface area contributed by atoms with Gasteiger partial charge in [0.1, 0.15) is 10.7 Å². The molecule has 0 radical (unpaired) electrons. The molecular formula is C15H11Cl2N3O2S. The van der Waals surface area contributed by atoms with Crippen LogP contribution in [-0.4, -0.2) is 27.1 Å². The molecule has 0 spiro atoms. The average molecular weight is 368 g/mol. The Morgan fingerprint density at radius 3 is 2.74 bits per heavy atom. The molecular weight excluding hydrogens is 357 g/mol. The van der Waals surface area contributed by atoms with E-state index in [-0.39, 0.29) is 0 Å². The van der Waals surface area contributed by atoms with Crippen LogP contribution in [-0.2, 0) is 0 Å². The Bertz CT molecular complexity index is 911. The number of aromatic nitrogens is 2. The molecule has 118 valence electrons. The number of hydrogen-bond donors (Lipinski definition) is 2. The highest BCUT2D eigenvalue weighted by atomic mass is 35.5. The first-order valence-electron chi connectivity index (χ1n) is 6.52. The van der Waals surface area contributed by atoms with Gasteiger partial charge in [-0.05, 0) is 36.6 Å². The van der Waals surface area contributed by atoms with E-state index in [4.69, 9.17) is 28.3 Å². The van der Waals surface area contributed by atoms with Crippen molar-refractivity contribution in [2.24, 2.45) is 0 Å². The Balaban J connectivity index is 2.27. The Morgan fingerprint density at radius 1 is 1.30 bits per heavy atom. The van der Waals surface area contributed by atoms with Gasteiger partial charge in [-0.2, -0.15) is 5.10 Å². The highest BCUT2D eigenvalue weighted by molar-refractivity contribution is 7.98. The Kier molecular flexibility index (Phi) is 4.39. The number of nitrogens with one attached hydrogen (secondary N) is 1. The van der Waals surface area contributed by atoms with Gasteiger partial charge in [-0.25, -0.2) is 9.31 Å². The zero-order valence-corrected chi connectivity index (χ0v) is 14.2. The first-order chi connectivity index (χ1) is 11.0. The van der Waals surface area contributed by atoms with Gasteiger partial charge in [0.2, 0.25) is 0 Å². The van der Waals surface area contributed by atoms with Crippen LogP contribution in [0.5, 0.6) is 0 Å². The van der Waals surface area contributed by atoms with Gasteiger partial charge < -0.3 is 5.11 Å². The number of benzene rings is 1. The second-order valence-electron chi connectivity index (χ2n) is 4.65. The van der Waals surface area contributed by atoms with Crippen molar-refractivity contribution >= 4 is 52.3 Å². The van der Waals surface area contributed by atoms with Gasteiger partial charge in [0.15, 0.2) is 0 Å². The quantitative estimate of drug-likeness (QED) is 0.630. The summed E-state index contributed by atoms with van der Waals surface area (Å²) < 4.78 is 1.67. The number of pyridine rings is 1. The topological polar surface area (TPSA) is 66.6 Å². The van der Waals surface area contributed by atoms with Gasteiger partial charge in [0.05, 0.1) is 16.2 Å². The van der Waals surface area contributed by atoms with Crippen LogP contribution in [0.25, 0.3) is 16.8 Å². The fraction of sp³-hybridized carbons (Fsp3) is 0.0667. The molecule has 3 aromatic rings. The van der Waals surface area contributed by atoms with Crippen LogP contribution in [0.2, 0.25) is 10.0 Å².